The zero-order valence-electron chi connectivity index (χ0n) is 7.89. The number of benzene rings is 1. The first kappa shape index (κ1) is 9.59. The van der Waals surface area contributed by atoms with E-state index in [1.54, 1.807) is 6.07 Å². The number of nitrogens with one attached hydrogen (secondary N) is 1. The van der Waals surface area contributed by atoms with Crippen LogP contribution >= 0.6 is 0 Å². The van der Waals surface area contributed by atoms with Crippen LogP contribution < -0.4 is 5.32 Å². The van der Waals surface area contributed by atoms with Gasteiger partial charge in [-0.1, -0.05) is 12.1 Å². The summed E-state index contributed by atoms with van der Waals surface area (Å²) in [7, 11) is 0. The summed E-state index contributed by atoms with van der Waals surface area (Å²) in [5.41, 5.74) is 2.43. The second kappa shape index (κ2) is 4.05. The lowest BCUT2D eigenvalue weighted by atomic mass is 10.0. The monoisotopic (exact) mass is 197 g/mol. The molecule has 0 aromatic heterocycles. The van der Waals surface area contributed by atoms with Crippen LogP contribution in [0.25, 0.3) is 0 Å². The highest BCUT2D eigenvalue weighted by Gasteiger charge is 2.12. The Kier molecular flexibility index (Phi) is 2.77. The van der Waals surface area contributed by atoms with Crippen LogP contribution in [0, 0.1) is 0 Å². The van der Waals surface area contributed by atoms with Gasteiger partial charge in [0.25, 0.3) is 6.43 Å². The number of rotatable bonds is 1. The van der Waals surface area contributed by atoms with Gasteiger partial charge >= 0.3 is 0 Å². The number of alkyl halides is 2. The Bertz CT molecular complexity index is 323. The van der Waals surface area contributed by atoms with Gasteiger partial charge in [0.1, 0.15) is 0 Å². The van der Waals surface area contributed by atoms with Crippen molar-refractivity contribution in [2.45, 2.75) is 19.3 Å². The third-order valence-electron chi connectivity index (χ3n) is 2.62. The van der Waals surface area contributed by atoms with Crippen LogP contribution in [0.1, 0.15) is 23.1 Å². The lowest BCUT2D eigenvalue weighted by molar-refractivity contribution is 0.151. The highest BCUT2D eigenvalue weighted by Crippen LogP contribution is 2.23. The molecule has 1 aromatic carbocycles. The summed E-state index contributed by atoms with van der Waals surface area (Å²) in [4.78, 5) is 0. The molecule has 1 aliphatic rings. The Labute approximate surface area is 82.1 Å². The van der Waals surface area contributed by atoms with Crippen molar-refractivity contribution in [2.75, 3.05) is 13.1 Å². The number of halogens is 2. The fourth-order valence-electron chi connectivity index (χ4n) is 1.83. The summed E-state index contributed by atoms with van der Waals surface area (Å²) in [6.45, 7) is 1.83. The fraction of sp³-hybridized carbons (Fsp3) is 0.455. The van der Waals surface area contributed by atoms with Gasteiger partial charge in [-0.3, -0.25) is 0 Å². The van der Waals surface area contributed by atoms with E-state index in [9.17, 15) is 8.78 Å². The summed E-state index contributed by atoms with van der Waals surface area (Å²) in [5.74, 6) is 0. The summed E-state index contributed by atoms with van der Waals surface area (Å²) in [6, 6.07) is 5.02. The third-order valence-corrected chi connectivity index (χ3v) is 2.62. The van der Waals surface area contributed by atoms with Crippen molar-refractivity contribution in [2.24, 2.45) is 0 Å². The molecule has 0 fully saturated rings. The topological polar surface area (TPSA) is 12.0 Å². The minimum atomic E-state index is -2.35. The Balaban J connectivity index is 2.32. The maximum Gasteiger partial charge on any atom is 0.263 e. The smallest absolute Gasteiger partial charge is 0.263 e. The molecule has 0 unspecified atom stereocenters. The molecule has 2 rings (SSSR count). The van der Waals surface area contributed by atoms with E-state index in [4.69, 9.17) is 0 Å². The van der Waals surface area contributed by atoms with Gasteiger partial charge in [0.2, 0.25) is 0 Å². The minimum Gasteiger partial charge on any atom is -0.316 e. The lowest BCUT2D eigenvalue weighted by Gasteiger charge is -2.07. The molecule has 0 saturated carbocycles. The van der Waals surface area contributed by atoms with Gasteiger partial charge in [0, 0.05) is 5.56 Å². The molecule has 1 aromatic rings. The quantitative estimate of drug-likeness (QED) is 0.728. The van der Waals surface area contributed by atoms with E-state index >= 15 is 0 Å². The van der Waals surface area contributed by atoms with Gasteiger partial charge < -0.3 is 5.32 Å². The Morgan fingerprint density at radius 3 is 2.50 bits per heavy atom. The summed E-state index contributed by atoms with van der Waals surface area (Å²) in [6.07, 6.45) is -0.550. The maximum atomic E-state index is 12.4. The van der Waals surface area contributed by atoms with Crippen LogP contribution in [-0.2, 0) is 12.8 Å². The van der Waals surface area contributed by atoms with Crippen molar-refractivity contribution < 1.29 is 8.78 Å². The molecule has 3 heteroatoms. The first-order valence-electron chi connectivity index (χ1n) is 4.88. The highest BCUT2D eigenvalue weighted by atomic mass is 19.3. The molecule has 1 nitrogen and oxygen atoms in total. The molecule has 76 valence electrons. The Morgan fingerprint density at radius 2 is 1.79 bits per heavy atom. The van der Waals surface area contributed by atoms with Crippen molar-refractivity contribution in [3.63, 3.8) is 0 Å². The van der Waals surface area contributed by atoms with Gasteiger partial charge in [-0.15, -0.1) is 0 Å². The van der Waals surface area contributed by atoms with Crippen LogP contribution in [0.4, 0.5) is 8.78 Å². The van der Waals surface area contributed by atoms with Crippen molar-refractivity contribution in [3.05, 3.63) is 34.9 Å². The molecule has 0 amide bonds. The lowest BCUT2D eigenvalue weighted by Crippen LogP contribution is -2.16. The van der Waals surface area contributed by atoms with E-state index in [1.807, 2.05) is 6.07 Å². The zero-order chi connectivity index (χ0) is 9.97. The second-order valence-corrected chi connectivity index (χ2v) is 3.58. The predicted molar refractivity (Wildman–Crippen MR) is 51.7 cm³/mol. The van der Waals surface area contributed by atoms with Crippen LogP contribution in [0.3, 0.4) is 0 Å². The van der Waals surface area contributed by atoms with E-state index in [1.165, 1.54) is 11.6 Å². The summed E-state index contributed by atoms with van der Waals surface area (Å²) < 4.78 is 24.8. The largest absolute Gasteiger partial charge is 0.316 e. The molecule has 0 aliphatic carbocycles. The molecule has 0 atom stereocenters. The number of hydrogen-bond donors (Lipinski definition) is 1. The van der Waals surface area contributed by atoms with Crippen molar-refractivity contribution in [1.82, 2.24) is 5.32 Å². The number of hydrogen-bond acceptors (Lipinski definition) is 1. The standard InChI is InChI=1S/C11H13F2N/c12-11(13)10-2-1-8-3-5-14-6-4-9(8)7-10/h1-2,7,11,14H,3-6H2. The second-order valence-electron chi connectivity index (χ2n) is 3.58. The molecule has 14 heavy (non-hydrogen) atoms. The van der Waals surface area contributed by atoms with Crippen LogP contribution in [0.15, 0.2) is 18.2 Å². The van der Waals surface area contributed by atoms with Gasteiger partial charge in [-0.25, -0.2) is 8.78 Å². The van der Waals surface area contributed by atoms with E-state index in [2.05, 4.69) is 5.32 Å². The third kappa shape index (κ3) is 1.93. The maximum absolute atomic E-state index is 12.4. The van der Waals surface area contributed by atoms with Crippen LogP contribution in [-0.4, -0.2) is 13.1 Å². The number of fused-ring (bicyclic) bond motifs is 1. The van der Waals surface area contributed by atoms with E-state index < -0.39 is 6.43 Å². The van der Waals surface area contributed by atoms with Crippen LogP contribution in [0.5, 0.6) is 0 Å². The van der Waals surface area contributed by atoms with E-state index in [0.717, 1.165) is 31.5 Å². The molecule has 0 saturated heterocycles. The summed E-state index contributed by atoms with van der Waals surface area (Å²) >= 11 is 0. The minimum absolute atomic E-state index is 0.144. The molecular weight excluding hydrogens is 184 g/mol. The summed E-state index contributed by atoms with van der Waals surface area (Å²) in [5, 5.41) is 3.26. The molecule has 0 bridgehead atoms. The van der Waals surface area contributed by atoms with Gasteiger partial charge in [-0.2, -0.15) is 0 Å². The van der Waals surface area contributed by atoms with Gasteiger partial charge in [0.05, 0.1) is 0 Å². The molecule has 0 radical (unpaired) electrons. The first-order valence-corrected chi connectivity index (χ1v) is 4.88. The average molecular weight is 197 g/mol. The van der Waals surface area contributed by atoms with Crippen molar-refractivity contribution >= 4 is 0 Å². The molecule has 1 aliphatic heterocycles. The van der Waals surface area contributed by atoms with Gasteiger partial charge in [0.15, 0.2) is 0 Å². The van der Waals surface area contributed by atoms with Crippen LogP contribution in [0.2, 0.25) is 0 Å². The zero-order valence-corrected chi connectivity index (χ0v) is 7.89. The van der Waals surface area contributed by atoms with Gasteiger partial charge in [-0.05, 0) is 43.1 Å². The molecular formula is C11H13F2N. The first-order chi connectivity index (χ1) is 6.77. The van der Waals surface area contributed by atoms with E-state index in [0.29, 0.717) is 0 Å². The SMILES string of the molecule is FC(F)c1ccc2c(c1)CCNCC2. The molecule has 1 heterocycles. The highest BCUT2D eigenvalue weighted by molar-refractivity contribution is 5.33. The van der Waals surface area contributed by atoms with Crippen molar-refractivity contribution in [1.29, 1.82) is 0 Å². The normalized spacial score (nSPS) is 16.5. The Morgan fingerprint density at radius 1 is 1.07 bits per heavy atom. The molecule has 0 spiro atoms. The Hall–Kier alpha value is -0.960. The van der Waals surface area contributed by atoms with Crippen molar-refractivity contribution in [3.8, 4) is 0 Å². The fourth-order valence-corrected chi connectivity index (χ4v) is 1.83. The molecule has 1 N–H and O–H groups in total. The average Bonchev–Trinajstić information content (AvgIpc) is 2.41. The predicted octanol–water partition coefficient (Wildman–Crippen LogP) is 2.31. The van der Waals surface area contributed by atoms with E-state index in [-0.39, 0.29) is 5.56 Å².